The van der Waals surface area contributed by atoms with E-state index in [1.165, 1.54) is 38.5 Å². The molecule has 4 fully saturated rings. The van der Waals surface area contributed by atoms with E-state index in [4.69, 9.17) is 0 Å². The second-order valence-electron chi connectivity index (χ2n) is 11.2. The first-order chi connectivity index (χ1) is 12.7. The van der Waals surface area contributed by atoms with E-state index in [-0.39, 0.29) is 0 Å². The van der Waals surface area contributed by atoms with Crippen molar-refractivity contribution in [2.45, 2.75) is 117 Å². The van der Waals surface area contributed by atoms with Gasteiger partial charge in [-0.1, -0.05) is 78.1 Å². The number of rotatable bonds is 3. The average Bonchev–Trinajstić information content (AvgIpc) is 2.69. The molecule has 0 aromatic carbocycles. The van der Waals surface area contributed by atoms with Crippen LogP contribution in [0.25, 0.3) is 0 Å². The average molecular weight is 359 g/mol. The smallest absolute Gasteiger partial charge is 0.0357 e. The molecule has 0 bridgehead atoms. The molecule has 0 heterocycles. The lowest BCUT2D eigenvalue weighted by atomic mass is 9.58. The molecule has 6 unspecified atom stereocenters. The summed E-state index contributed by atoms with van der Waals surface area (Å²) in [4.78, 5) is 0. The van der Waals surface area contributed by atoms with Gasteiger partial charge in [-0.25, -0.2) is 0 Å². The molecule has 0 aliphatic heterocycles. The van der Waals surface area contributed by atoms with Crippen molar-refractivity contribution in [2.75, 3.05) is 0 Å². The molecule has 0 heteroatoms. The Labute approximate surface area is 164 Å². The van der Waals surface area contributed by atoms with Gasteiger partial charge in [-0.2, -0.15) is 0 Å². The highest BCUT2D eigenvalue weighted by molar-refractivity contribution is 4.91. The largest absolute Gasteiger partial charge is 0.0622 e. The van der Waals surface area contributed by atoms with Gasteiger partial charge in [-0.3, -0.25) is 0 Å². The van der Waals surface area contributed by atoms with Crippen molar-refractivity contribution in [3.63, 3.8) is 0 Å². The van der Waals surface area contributed by atoms with Gasteiger partial charge < -0.3 is 0 Å². The Morgan fingerprint density at radius 1 is 0.385 bits per heavy atom. The minimum absolute atomic E-state index is 1.01. The second-order valence-corrected chi connectivity index (χ2v) is 11.2. The van der Waals surface area contributed by atoms with Crippen LogP contribution in [0.1, 0.15) is 117 Å². The molecule has 6 atom stereocenters. The van der Waals surface area contributed by atoms with E-state index in [1.54, 1.807) is 64.2 Å². The molecule has 4 rings (SSSR count). The fourth-order valence-electron chi connectivity index (χ4n) is 8.26. The molecule has 0 radical (unpaired) electrons. The van der Waals surface area contributed by atoms with E-state index in [0.29, 0.717) is 0 Å². The van der Waals surface area contributed by atoms with Gasteiger partial charge in [0.15, 0.2) is 0 Å². The number of hydrogen-bond donors (Lipinski definition) is 0. The third-order valence-electron chi connectivity index (χ3n) is 9.74. The molecule has 0 saturated heterocycles. The van der Waals surface area contributed by atoms with Crippen LogP contribution in [0.3, 0.4) is 0 Å². The molecule has 4 aliphatic rings. The van der Waals surface area contributed by atoms with E-state index in [1.807, 2.05) is 0 Å². The van der Waals surface area contributed by atoms with Gasteiger partial charge in [0.2, 0.25) is 0 Å². The topological polar surface area (TPSA) is 0 Å². The Balaban J connectivity index is 1.29. The maximum atomic E-state index is 2.64. The summed E-state index contributed by atoms with van der Waals surface area (Å²) in [6, 6.07) is 0. The van der Waals surface area contributed by atoms with Gasteiger partial charge in [0.25, 0.3) is 0 Å². The van der Waals surface area contributed by atoms with E-state index in [9.17, 15) is 0 Å². The quantitative estimate of drug-likeness (QED) is 0.476. The van der Waals surface area contributed by atoms with Crippen LogP contribution in [0.4, 0.5) is 0 Å². The Kier molecular flexibility index (Phi) is 6.69. The van der Waals surface area contributed by atoms with Gasteiger partial charge in [0.05, 0.1) is 0 Å². The van der Waals surface area contributed by atoms with Crippen molar-refractivity contribution in [1.29, 1.82) is 0 Å². The minimum Gasteiger partial charge on any atom is -0.0622 e. The van der Waals surface area contributed by atoms with Crippen LogP contribution in [-0.4, -0.2) is 0 Å². The Morgan fingerprint density at radius 3 is 1.12 bits per heavy atom. The van der Waals surface area contributed by atoms with Gasteiger partial charge in [-0.05, 0) is 85.9 Å². The fourth-order valence-corrected chi connectivity index (χ4v) is 8.26. The van der Waals surface area contributed by atoms with Crippen LogP contribution < -0.4 is 0 Å². The highest BCUT2D eigenvalue weighted by Crippen LogP contribution is 2.51. The summed E-state index contributed by atoms with van der Waals surface area (Å²) in [6.07, 6.45) is 24.8. The zero-order valence-corrected chi connectivity index (χ0v) is 17.9. The first kappa shape index (κ1) is 19.3. The van der Waals surface area contributed by atoms with Crippen LogP contribution in [0.5, 0.6) is 0 Å². The van der Waals surface area contributed by atoms with E-state index in [0.717, 1.165) is 47.3 Å². The van der Waals surface area contributed by atoms with Crippen molar-refractivity contribution in [3.8, 4) is 0 Å². The predicted octanol–water partition coefficient (Wildman–Crippen LogP) is 8.25. The number of hydrogen-bond acceptors (Lipinski definition) is 0. The third-order valence-corrected chi connectivity index (χ3v) is 9.74. The van der Waals surface area contributed by atoms with Crippen molar-refractivity contribution in [1.82, 2.24) is 0 Å². The van der Waals surface area contributed by atoms with E-state index < -0.39 is 0 Å². The first-order valence-electron chi connectivity index (χ1n) is 12.7. The minimum atomic E-state index is 1.01. The molecule has 4 saturated carbocycles. The summed E-state index contributed by atoms with van der Waals surface area (Å²) in [7, 11) is 0. The lowest BCUT2D eigenvalue weighted by molar-refractivity contribution is 0.0282. The first-order valence-corrected chi connectivity index (χ1v) is 12.7. The molecule has 4 aliphatic carbocycles. The standard InChI is InChI=1S/C26H46/c1-19-17-23(21-9-5-3-6-10-21)13-15-25(19)26-16-14-24(18-20(26)2)22-11-7-4-8-12-22/h19-26H,3-18H2,1-2H3. The highest BCUT2D eigenvalue weighted by Gasteiger charge is 2.41. The summed E-state index contributed by atoms with van der Waals surface area (Å²) in [5, 5.41) is 0. The van der Waals surface area contributed by atoms with E-state index >= 15 is 0 Å². The Hall–Kier alpha value is 0. The summed E-state index contributed by atoms with van der Waals surface area (Å²) in [5.74, 6) is 8.54. The lowest BCUT2D eigenvalue weighted by Crippen LogP contribution is -2.38. The molecule has 26 heavy (non-hydrogen) atoms. The molecule has 0 spiro atoms. The van der Waals surface area contributed by atoms with Gasteiger partial charge in [-0.15, -0.1) is 0 Å². The van der Waals surface area contributed by atoms with E-state index in [2.05, 4.69) is 13.8 Å². The Morgan fingerprint density at radius 2 is 0.769 bits per heavy atom. The normalized spacial score (nSPS) is 44.1. The van der Waals surface area contributed by atoms with Crippen LogP contribution >= 0.6 is 0 Å². The maximum absolute atomic E-state index is 2.64. The van der Waals surface area contributed by atoms with Gasteiger partial charge >= 0.3 is 0 Å². The van der Waals surface area contributed by atoms with Crippen LogP contribution in [-0.2, 0) is 0 Å². The third kappa shape index (κ3) is 4.35. The monoisotopic (exact) mass is 358 g/mol. The lowest BCUT2D eigenvalue weighted by Gasteiger charge is -2.47. The van der Waals surface area contributed by atoms with Gasteiger partial charge in [0.1, 0.15) is 0 Å². The van der Waals surface area contributed by atoms with Crippen LogP contribution in [0, 0.1) is 47.3 Å². The van der Waals surface area contributed by atoms with Crippen molar-refractivity contribution in [2.24, 2.45) is 47.3 Å². The van der Waals surface area contributed by atoms with Gasteiger partial charge in [0, 0.05) is 0 Å². The SMILES string of the molecule is CC1CC(C2CCCCC2)CCC1C1CCC(C2CCCCC2)CC1C. The zero-order chi connectivity index (χ0) is 17.9. The molecule has 0 amide bonds. The second kappa shape index (κ2) is 9.00. The molecule has 0 aromatic heterocycles. The molecule has 0 aromatic rings. The summed E-state index contributed by atoms with van der Waals surface area (Å²) in [6.45, 7) is 5.28. The highest BCUT2D eigenvalue weighted by atomic mass is 14.5. The van der Waals surface area contributed by atoms with Crippen molar-refractivity contribution >= 4 is 0 Å². The fraction of sp³-hybridized carbons (Fsp3) is 1.00. The molecule has 0 N–H and O–H groups in total. The molecule has 150 valence electrons. The van der Waals surface area contributed by atoms with Crippen LogP contribution in [0.2, 0.25) is 0 Å². The van der Waals surface area contributed by atoms with Crippen molar-refractivity contribution < 1.29 is 0 Å². The maximum Gasteiger partial charge on any atom is -0.0357 e. The van der Waals surface area contributed by atoms with Crippen molar-refractivity contribution in [3.05, 3.63) is 0 Å². The van der Waals surface area contributed by atoms with Crippen LogP contribution in [0.15, 0.2) is 0 Å². The predicted molar refractivity (Wildman–Crippen MR) is 113 cm³/mol. The summed E-state index contributed by atoms with van der Waals surface area (Å²) >= 11 is 0. The molecule has 0 nitrogen and oxygen atoms in total. The molecular weight excluding hydrogens is 312 g/mol. The Bertz CT molecular complexity index is 374. The zero-order valence-electron chi connectivity index (χ0n) is 17.9. The summed E-state index contributed by atoms with van der Waals surface area (Å²) < 4.78 is 0. The molecular formula is C26H46. The summed E-state index contributed by atoms with van der Waals surface area (Å²) in [5.41, 5.74) is 0.